The van der Waals surface area contributed by atoms with Gasteiger partial charge in [0.1, 0.15) is 0 Å². The van der Waals surface area contributed by atoms with E-state index in [1.807, 2.05) is 0 Å². The number of rotatable bonds is 3. The van der Waals surface area contributed by atoms with Crippen LogP contribution in [0.15, 0.2) is 12.4 Å². The van der Waals surface area contributed by atoms with Gasteiger partial charge in [-0.15, -0.1) is 0 Å². The van der Waals surface area contributed by atoms with Crippen LogP contribution in [0.3, 0.4) is 0 Å². The number of amides is 1. The second-order valence-electron chi connectivity index (χ2n) is 3.28. The summed E-state index contributed by atoms with van der Waals surface area (Å²) in [6.45, 7) is 0. The number of carbonyl (C=O) groups excluding carboxylic acids is 1. The molecule has 14 heavy (non-hydrogen) atoms. The molecule has 0 saturated heterocycles. The van der Waals surface area contributed by atoms with Gasteiger partial charge in [-0.05, 0) is 12.8 Å². The fourth-order valence-corrected chi connectivity index (χ4v) is 1.11. The maximum Gasteiger partial charge on any atom is 0.252 e. The molecule has 0 atom stereocenters. The van der Waals surface area contributed by atoms with Gasteiger partial charge >= 0.3 is 0 Å². The molecule has 0 spiro atoms. The normalized spacial score (nSPS) is 15.1. The smallest absolute Gasteiger partial charge is 0.252 e. The molecule has 2 rings (SSSR count). The lowest BCUT2D eigenvalue weighted by atomic mass is 10.2. The lowest BCUT2D eigenvalue weighted by Crippen LogP contribution is -2.15. The molecule has 1 aliphatic rings. The van der Waals surface area contributed by atoms with E-state index in [4.69, 9.17) is 16.2 Å². The Balaban J connectivity index is 2.30. The Morgan fingerprint density at radius 1 is 1.50 bits per heavy atom. The Morgan fingerprint density at radius 3 is 2.79 bits per heavy atom. The minimum absolute atomic E-state index is 0.211. The maximum atomic E-state index is 10.9. The van der Waals surface area contributed by atoms with Crippen LogP contribution in [0.4, 0.5) is 5.69 Å². The van der Waals surface area contributed by atoms with Gasteiger partial charge < -0.3 is 16.2 Å². The second-order valence-corrected chi connectivity index (χ2v) is 3.28. The van der Waals surface area contributed by atoms with E-state index in [0.29, 0.717) is 5.75 Å². The van der Waals surface area contributed by atoms with Crippen LogP contribution in [0.5, 0.6) is 5.75 Å². The molecule has 5 heteroatoms. The van der Waals surface area contributed by atoms with Crippen molar-refractivity contribution in [2.45, 2.75) is 18.9 Å². The highest BCUT2D eigenvalue weighted by atomic mass is 16.5. The highest BCUT2D eigenvalue weighted by molar-refractivity contribution is 5.98. The molecule has 1 amide bonds. The van der Waals surface area contributed by atoms with Crippen LogP contribution < -0.4 is 16.2 Å². The molecule has 0 aromatic carbocycles. The lowest BCUT2D eigenvalue weighted by molar-refractivity contribution is 0.100. The molecule has 4 N–H and O–H groups in total. The molecule has 1 aliphatic carbocycles. The Kier molecular flexibility index (Phi) is 1.99. The van der Waals surface area contributed by atoms with Crippen molar-refractivity contribution in [2.24, 2.45) is 5.73 Å². The molecule has 1 aromatic heterocycles. The fourth-order valence-electron chi connectivity index (χ4n) is 1.11. The monoisotopic (exact) mass is 193 g/mol. The molecular weight excluding hydrogens is 182 g/mol. The predicted molar refractivity (Wildman–Crippen MR) is 50.8 cm³/mol. The van der Waals surface area contributed by atoms with Gasteiger partial charge in [-0.25, -0.2) is 0 Å². The Morgan fingerprint density at radius 2 is 2.21 bits per heavy atom. The molecule has 74 valence electrons. The number of nitrogen functional groups attached to an aromatic ring is 1. The summed E-state index contributed by atoms with van der Waals surface area (Å²) in [5.41, 5.74) is 11.3. The molecule has 1 saturated carbocycles. The van der Waals surface area contributed by atoms with Crippen molar-refractivity contribution in [3.05, 3.63) is 18.0 Å². The van der Waals surface area contributed by atoms with Crippen LogP contribution >= 0.6 is 0 Å². The molecular formula is C9H11N3O2. The molecule has 1 fully saturated rings. The van der Waals surface area contributed by atoms with Crippen molar-refractivity contribution >= 4 is 11.6 Å². The number of hydrogen-bond donors (Lipinski definition) is 2. The summed E-state index contributed by atoms with van der Waals surface area (Å²) in [6.07, 6.45) is 5.13. The van der Waals surface area contributed by atoms with Gasteiger partial charge in [0, 0.05) is 6.20 Å². The number of nitrogens with zero attached hydrogens (tertiary/aromatic N) is 1. The quantitative estimate of drug-likeness (QED) is 0.722. The SMILES string of the molecule is NC(=O)c1cncc(OC2CC2)c1N. The van der Waals surface area contributed by atoms with E-state index in [0.717, 1.165) is 12.8 Å². The minimum Gasteiger partial charge on any atom is -0.487 e. The van der Waals surface area contributed by atoms with Gasteiger partial charge in [0.05, 0.1) is 23.6 Å². The molecule has 0 bridgehead atoms. The summed E-state index contributed by atoms with van der Waals surface area (Å²) in [5, 5.41) is 0. The number of primary amides is 1. The number of anilines is 1. The van der Waals surface area contributed by atoms with Crippen LogP contribution in [0.1, 0.15) is 23.2 Å². The van der Waals surface area contributed by atoms with E-state index in [1.165, 1.54) is 12.4 Å². The zero-order valence-corrected chi connectivity index (χ0v) is 7.56. The summed E-state index contributed by atoms with van der Waals surface area (Å²) in [5.74, 6) is -0.139. The number of nitrogens with two attached hydrogens (primary N) is 2. The van der Waals surface area contributed by atoms with E-state index in [-0.39, 0.29) is 17.4 Å². The van der Waals surface area contributed by atoms with Gasteiger partial charge in [0.15, 0.2) is 5.75 Å². The van der Waals surface area contributed by atoms with Crippen molar-refractivity contribution in [1.82, 2.24) is 4.98 Å². The van der Waals surface area contributed by atoms with Crippen LogP contribution in [-0.4, -0.2) is 17.0 Å². The van der Waals surface area contributed by atoms with Crippen LogP contribution in [0.25, 0.3) is 0 Å². The van der Waals surface area contributed by atoms with Crippen LogP contribution in [0, 0.1) is 0 Å². The first-order valence-electron chi connectivity index (χ1n) is 4.38. The van der Waals surface area contributed by atoms with Gasteiger partial charge in [-0.1, -0.05) is 0 Å². The van der Waals surface area contributed by atoms with Gasteiger partial charge in [0.25, 0.3) is 5.91 Å². The first-order chi connectivity index (χ1) is 6.68. The largest absolute Gasteiger partial charge is 0.487 e. The molecule has 0 unspecified atom stereocenters. The summed E-state index contributed by atoms with van der Waals surface area (Å²) in [6, 6.07) is 0. The van der Waals surface area contributed by atoms with E-state index >= 15 is 0 Å². The summed E-state index contributed by atoms with van der Waals surface area (Å²) in [4.78, 5) is 14.8. The lowest BCUT2D eigenvalue weighted by Gasteiger charge is -2.08. The van der Waals surface area contributed by atoms with Crippen molar-refractivity contribution in [1.29, 1.82) is 0 Å². The second kappa shape index (κ2) is 3.17. The molecule has 5 nitrogen and oxygen atoms in total. The number of hydrogen-bond acceptors (Lipinski definition) is 4. The highest BCUT2D eigenvalue weighted by Gasteiger charge is 2.25. The highest BCUT2D eigenvalue weighted by Crippen LogP contribution is 2.31. The maximum absolute atomic E-state index is 10.9. The molecule has 0 radical (unpaired) electrons. The van der Waals surface area contributed by atoms with E-state index in [2.05, 4.69) is 4.98 Å². The number of pyridine rings is 1. The molecule has 1 heterocycles. The summed E-state index contributed by atoms with van der Waals surface area (Å²) < 4.78 is 5.45. The van der Waals surface area contributed by atoms with Crippen molar-refractivity contribution < 1.29 is 9.53 Å². The standard InChI is InChI=1S/C9H11N3O2/c10-8-6(9(11)13)3-12-4-7(8)14-5-1-2-5/h3-5H,1-2H2,(H2,10,12)(H2,11,13). The molecule has 0 aliphatic heterocycles. The van der Waals surface area contributed by atoms with Crippen molar-refractivity contribution in [2.75, 3.05) is 5.73 Å². The summed E-state index contributed by atoms with van der Waals surface area (Å²) >= 11 is 0. The Hall–Kier alpha value is -1.78. The fraction of sp³-hybridized carbons (Fsp3) is 0.333. The molecule has 1 aromatic rings. The number of aromatic nitrogens is 1. The average molecular weight is 193 g/mol. The average Bonchev–Trinajstić information content (AvgIpc) is 2.92. The summed E-state index contributed by atoms with van der Waals surface area (Å²) in [7, 11) is 0. The minimum atomic E-state index is -0.587. The van der Waals surface area contributed by atoms with E-state index in [1.54, 1.807) is 0 Å². The first-order valence-corrected chi connectivity index (χ1v) is 4.38. The van der Waals surface area contributed by atoms with Crippen LogP contribution in [-0.2, 0) is 0 Å². The third kappa shape index (κ3) is 1.61. The number of carbonyl (C=O) groups is 1. The van der Waals surface area contributed by atoms with Gasteiger partial charge in [-0.2, -0.15) is 0 Å². The van der Waals surface area contributed by atoms with Gasteiger partial charge in [-0.3, -0.25) is 9.78 Å². The van der Waals surface area contributed by atoms with E-state index in [9.17, 15) is 4.79 Å². The van der Waals surface area contributed by atoms with Gasteiger partial charge in [0.2, 0.25) is 0 Å². The number of ether oxygens (including phenoxy) is 1. The van der Waals surface area contributed by atoms with E-state index < -0.39 is 5.91 Å². The third-order valence-corrected chi connectivity index (χ3v) is 2.03. The zero-order valence-electron chi connectivity index (χ0n) is 7.56. The third-order valence-electron chi connectivity index (χ3n) is 2.03. The topological polar surface area (TPSA) is 91.2 Å². The van der Waals surface area contributed by atoms with Crippen molar-refractivity contribution in [3.63, 3.8) is 0 Å². The Bertz CT molecular complexity index is 374. The first kappa shape index (κ1) is 8.80. The zero-order chi connectivity index (χ0) is 10.1. The van der Waals surface area contributed by atoms with Crippen molar-refractivity contribution in [3.8, 4) is 5.75 Å². The van der Waals surface area contributed by atoms with Crippen LogP contribution in [0.2, 0.25) is 0 Å². The Labute approximate surface area is 81.1 Å². The predicted octanol–water partition coefficient (Wildman–Crippen LogP) is 0.304.